The molecule has 2 aromatic carbocycles. The summed E-state index contributed by atoms with van der Waals surface area (Å²) in [4.78, 5) is 30.8. The van der Waals surface area contributed by atoms with Crippen LogP contribution in [0.25, 0.3) is 0 Å². The van der Waals surface area contributed by atoms with E-state index >= 15 is 0 Å². The molecule has 2 aliphatic heterocycles. The van der Waals surface area contributed by atoms with Gasteiger partial charge in [-0.15, -0.1) is 0 Å². The first-order valence-corrected chi connectivity index (χ1v) is 13.1. The number of benzene rings is 2. The SMILES string of the molecule is CN(C)C(=O)Oc1cccc2c1CC[C@@H]1[C@H]2CCN1CCCCCCN1Cc2ccccc2C1=O. The number of hydrogen-bond acceptors (Lipinski definition) is 4. The number of likely N-dealkylation sites (tertiary alicyclic amines) is 1. The summed E-state index contributed by atoms with van der Waals surface area (Å²) in [6.45, 7) is 3.93. The van der Waals surface area contributed by atoms with Crippen LogP contribution >= 0.6 is 0 Å². The first-order chi connectivity index (χ1) is 17.0. The van der Waals surface area contributed by atoms with E-state index in [9.17, 15) is 9.59 Å². The molecule has 2 atom stereocenters. The van der Waals surface area contributed by atoms with E-state index in [2.05, 4.69) is 17.0 Å². The summed E-state index contributed by atoms with van der Waals surface area (Å²) < 4.78 is 5.66. The molecule has 0 unspecified atom stereocenters. The van der Waals surface area contributed by atoms with E-state index in [0.717, 1.165) is 62.3 Å². The average molecular weight is 476 g/mol. The Morgan fingerprint density at radius 2 is 1.80 bits per heavy atom. The van der Waals surface area contributed by atoms with Crippen molar-refractivity contribution in [2.45, 2.75) is 63.5 Å². The van der Waals surface area contributed by atoms with Crippen molar-refractivity contribution in [1.29, 1.82) is 0 Å². The number of carbonyl (C=O) groups excluding carboxylic acids is 2. The van der Waals surface area contributed by atoms with E-state index in [-0.39, 0.29) is 12.0 Å². The second kappa shape index (κ2) is 10.4. The maximum absolute atomic E-state index is 12.5. The van der Waals surface area contributed by atoms with Crippen molar-refractivity contribution in [2.24, 2.45) is 0 Å². The number of carbonyl (C=O) groups is 2. The van der Waals surface area contributed by atoms with Gasteiger partial charge in [0.2, 0.25) is 0 Å². The maximum Gasteiger partial charge on any atom is 0.414 e. The van der Waals surface area contributed by atoms with Crippen LogP contribution in [-0.4, -0.2) is 66.5 Å². The molecule has 2 heterocycles. The van der Waals surface area contributed by atoms with Crippen molar-refractivity contribution in [3.05, 3.63) is 64.7 Å². The number of unbranched alkanes of at least 4 members (excludes halogenated alkanes) is 3. The predicted octanol–water partition coefficient (Wildman–Crippen LogP) is 5.07. The Balaban J connectivity index is 1.07. The number of fused-ring (bicyclic) bond motifs is 4. The Hall–Kier alpha value is -2.86. The Morgan fingerprint density at radius 1 is 1.00 bits per heavy atom. The van der Waals surface area contributed by atoms with Crippen LogP contribution in [0.5, 0.6) is 5.75 Å². The number of nitrogens with zero attached hydrogens (tertiary/aromatic N) is 3. The summed E-state index contributed by atoms with van der Waals surface area (Å²) in [5, 5.41) is 0. The number of amides is 2. The van der Waals surface area contributed by atoms with Gasteiger partial charge in [0.25, 0.3) is 5.91 Å². The van der Waals surface area contributed by atoms with Crippen molar-refractivity contribution in [3.8, 4) is 5.75 Å². The predicted molar refractivity (Wildman–Crippen MR) is 137 cm³/mol. The summed E-state index contributed by atoms with van der Waals surface area (Å²) in [7, 11) is 3.43. The largest absolute Gasteiger partial charge is 0.414 e. The summed E-state index contributed by atoms with van der Waals surface area (Å²) in [6, 6.07) is 14.8. The van der Waals surface area contributed by atoms with Crippen molar-refractivity contribution in [3.63, 3.8) is 0 Å². The lowest BCUT2D eigenvalue weighted by Gasteiger charge is -2.34. The third kappa shape index (κ3) is 4.94. The van der Waals surface area contributed by atoms with E-state index in [1.165, 1.54) is 41.7 Å². The third-order valence-electron chi connectivity index (χ3n) is 8.00. The van der Waals surface area contributed by atoms with Gasteiger partial charge in [0, 0.05) is 44.7 Å². The topological polar surface area (TPSA) is 53.1 Å². The zero-order valence-electron chi connectivity index (χ0n) is 21.0. The van der Waals surface area contributed by atoms with Gasteiger partial charge < -0.3 is 14.5 Å². The highest BCUT2D eigenvalue weighted by Crippen LogP contribution is 2.44. The van der Waals surface area contributed by atoms with Gasteiger partial charge in [-0.3, -0.25) is 9.69 Å². The first kappa shape index (κ1) is 23.9. The zero-order chi connectivity index (χ0) is 24.4. The second-order valence-corrected chi connectivity index (χ2v) is 10.4. The average Bonchev–Trinajstić information content (AvgIpc) is 3.42. The summed E-state index contributed by atoms with van der Waals surface area (Å²) in [5.41, 5.74) is 4.65. The van der Waals surface area contributed by atoms with E-state index in [0.29, 0.717) is 12.0 Å². The van der Waals surface area contributed by atoms with Crippen molar-refractivity contribution in [1.82, 2.24) is 14.7 Å². The highest BCUT2D eigenvalue weighted by Gasteiger charge is 2.39. The molecule has 0 saturated carbocycles. The molecular weight excluding hydrogens is 438 g/mol. The molecule has 186 valence electrons. The lowest BCUT2D eigenvalue weighted by molar-refractivity contribution is 0.0775. The highest BCUT2D eigenvalue weighted by molar-refractivity contribution is 5.98. The molecule has 0 bridgehead atoms. The molecule has 2 aromatic rings. The fraction of sp³-hybridized carbons (Fsp3) is 0.517. The van der Waals surface area contributed by atoms with Crippen LogP contribution in [0.4, 0.5) is 4.79 Å². The van der Waals surface area contributed by atoms with Gasteiger partial charge in [-0.1, -0.05) is 43.2 Å². The Bertz CT molecular complexity index is 1080. The van der Waals surface area contributed by atoms with Gasteiger partial charge in [0.05, 0.1) is 0 Å². The number of rotatable bonds is 8. The van der Waals surface area contributed by atoms with Crippen molar-refractivity contribution in [2.75, 3.05) is 33.7 Å². The van der Waals surface area contributed by atoms with Crippen molar-refractivity contribution >= 4 is 12.0 Å². The molecule has 1 saturated heterocycles. The van der Waals surface area contributed by atoms with Crippen LogP contribution in [0.15, 0.2) is 42.5 Å². The minimum absolute atomic E-state index is 0.195. The van der Waals surface area contributed by atoms with Gasteiger partial charge in [0.1, 0.15) is 5.75 Å². The van der Waals surface area contributed by atoms with Crippen LogP contribution in [0, 0.1) is 0 Å². The Labute approximate surface area is 208 Å². The zero-order valence-corrected chi connectivity index (χ0v) is 21.0. The van der Waals surface area contributed by atoms with E-state index in [4.69, 9.17) is 4.74 Å². The van der Waals surface area contributed by atoms with Gasteiger partial charge >= 0.3 is 6.09 Å². The normalized spacial score (nSPS) is 21.0. The Morgan fingerprint density at radius 3 is 2.60 bits per heavy atom. The lowest BCUT2D eigenvalue weighted by atomic mass is 9.79. The van der Waals surface area contributed by atoms with Gasteiger partial charge in [0.15, 0.2) is 0 Å². The molecule has 2 amide bonds. The summed E-state index contributed by atoms with van der Waals surface area (Å²) in [6.07, 6.45) is 7.64. The fourth-order valence-corrected chi connectivity index (χ4v) is 6.18. The lowest BCUT2D eigenvalue weighted by Crippen LogP contribution is -2.36. The van der Waals surface area contributed by atoms with Crippen LogP contribution in [-0.2, 0) is 13.0 Å². The molecule has 0 aromatic heterocycles. The molecule has 5 rings (SSSR count). The summed E-state index contributed by atoms with van der Waals surface area (Å²) in [5.74, 6) is 1.47. The molecule has 1 aliphatic carbocycles. The first-order valence-electron chi connectivity index (χ1n) is 13.1. The van der Waals surface area contributed by atoms with Gasteiger partial charge in [-0.05, 0) is 74.0 Å². The van der Waals surface area contributed by atoms with E-state index in [1.54, 1.807) is 14.1 Å². The minimum Gasteiger partial charge on any atom is -0.410 e. The molecular formula is C29H37N3O3. The van der Waals surface area contributed by atoms with E-state index < -0.39 is 0 Å². The molecule has 3 aliphatic rings. The van der Waals surface area contributed by atoms with Crippen LogP contribution < -0.4 is 4.74 Å². The molecule has 35 heavy (non-hydrogen) atoms. The molecule has 0 N–H and O–H groups in total. The molecule has 6 heteroatoms. The third-order valence-corrected chi connectivity index (χ3v) is 8.00. The molecule has 1 fully saturated rings. The highest BCUT2D eigenvalue weighted by atomic mass is 16.6. The van der Waals surface area contributed by atoms with Crippen LogP contribution in [0.1, 0.15) is 71.5 Å². The van der Waals surface area contributed by atoms with Crippen LogP contribution in [0.2, 0.25) is 0 Å². The smallest absolute Gasteiger partial charge is 0.410 e. The number of hydrogen-bond donors (Lipinski definition) is 0. The van der Waals surface area contributed by atoms with E-state index in [1.807, 2.05) is 35.2 Å². The monoisotopic (exact) mass is 475 g/mol. The van der Waals surface area contributed by atoms with Crippen LogP contribution in [0.3, 0.4) is 0 Å². The fourth-order valence-electron chi connectivity index (χ4n) is 6.18. The van der Waals surface area contributed by atoms with Crippen molar-refractivity contribution < 1.29 is 14.3 Å². The quantitative estimate of drug-likeness (QED) is 0.501. The second-order valence-electron chi connectivity index (χ2n) is 10.4. The van der Waals surface area contributed by atoms with Gasteiger partial charge in [-0.2, -0.15) is 0 Å². The molecule has 6 nitrogen and oxygen atoms in total. The summed E-state index contributed by atoms with van der Waals surface area (Å²) >= 11 is 0. The van der Waals surface area contributed by atoms with Gasteiger partial charge in [-0.25, -0.2) is 4.79 Å². The standard InChI is InChI=1S/C29H37N3O3/c1-30(2)29(34)35-27-13-9-12-23-24-16-19-31(26(24)15-14-25(23)27)17-7-3-4-8-18-32-20-21-10-5-6-11-22(21)28(32)33/h5-6,9-13,24,26H,3-4,7-8,14-20H2,1-2H3/t24-,26+/m0/s1. The number of ether oxygens (including phenoxy) is 1. The Kier molecular flexibility index (Phi) is 7.09. The minimum atomic E-state index is -0.313. The maximum atomic E-state index is 12.5. The molecule has 0 radical (unpaired) electrons. The molecule has 0 spiro atoms.